The summed E-state index contributed by atoms with van der Waals surface area (Å²) in [6.07, 6.45) is 2.46. The SMILES string of the molecule is CCOC1CCN(C(=NC)NCc2cccc(OC)c2OC)CC1. The van der Waals surface area contributed by atoms with E-state index in [9.17, 15) is 0 Å². The number of aliphatic imine (C=N–C) groups is 1. The lowest BCUT2D eigenvalue weighted by molar-refractivity contribution is 0.0263. The van der Waals surface area contributed by atoms with E-state index in [-0.39, 0.29) is 0 Å². The van der Waals surface area contributed by atoms with E-state index in [0.29, 0.717) is 12.6 Å². The van der Waals surface area contributed by atoms with E-state index in [0.717, 1.165) is 55.6 Å². The molecule has 1 aromatic carbocycles. The normalized spacial score (nSPS) is 16.2. The van der Waals surface area contributed by atoms with E-state index in [2.05, 4.69) is 15.2 Å². The molecule has 2 rings (SSSR count). The average molecular weight is 335 g/mol. The van der Waals surface area contributed by atoms with Gasteiger partial charge in [-0.3, -0.25) is 4.99 Å². The molecule has 0 unspecified atom stereocenters. The molecule has 0 spiro atoms. The van der Waals surface area contributed by atoms with E-state index in [4.69, 9.17) is 14.2 Å². The molecule has 1 fully saturated rings. The Morgan fingerprint density at radius 1 is 1.25 bits per heavy atom. The number of nitrogens with zero attached hydrogens (tertiary/aromatic N) is 2. The van der Waals surface area contributed by atoms with Crippen molar-refractivity contribution in [2.24, 2.45) is 4.99 Å². The predicted octanol–water partition coefficient (Wildman–Crippen LogP) is 2.28. The molecule has 1 N–H and O–H groups in total. The standard InChI is InChI=1S/C18H29N3O3/c1-5-24-15-9-11-21(12-10-15)18(19-2)20-13-14-7-6-8-16(22-3)17(14)23-4/h6-8,15H,5,9-13H2,1-4H3,(H,19,20). The highest BCUT2D eigenvalue weighted by Crippen LogP contribution is 2.30. The maximum atomic E-state index is 5.71. The van der Waals surface area contributed by atoms with E-state index in [1.807, 2.05) is 32.2 Å². The Balaban J connectivity index is 1.95. The number of hydrogen-bond donors (Lipinski definition) is 1. The number of ether oxygens (including phenoxy) is 3. The van der Waals surface area contributed by atoms with Crippen molar-refractivity contribution in [1.82, 2.24) is 10.2 Å². The van der Waals surface area contributed by atoms with Gasteiger partial charge in [-0.25, -0.2) is 0 Å². The zero-order valence-electron chi connectivity index (χ0n) is 15.2. The summed E-state index contributed by atoms with van der Waals surface area (Å²) >= 11 is 0. The Morgan fingerprint density at radius 2 is 2.00 bits per heavy atom. The maximum Gasteiger partial charge on any atom is 0.193 e. The molecule has 0 saturated carbocycles. The number of nitrogens with one attached hydrogen (secondary N) is 1. The number of hydrogen-bond acceptors (Lipinski definition) is 4. The lowest BCUT2D eigenvalue weighted by Crippen LogP contribution is -2.46. The average Bonchev–Trinajstić information content (AvgIpc) is 2.63. The molecule has 1 heterocycles. The Morgan fingerprint density at radius 3 is 2.58 bits per heavy atom. The number of likely N-dealkylation sites (tertiary alicyclic amines) is 1. The van der Waals surface area contributed by atoms with Crippen LogP contribution in [0.5, 0.6) is 11.5 Å². The van der Waals surface area contributed by atoms with Crippen LogP contribution in [0.15, 0.2) is 23.2 Å². The van der Waals surface area contributed by atoms with Gasteiger partial charge in [0.2, 0.25) is 0 Å². The number of piperidine rings is 1. The van der Waals surface area contributed by atoms with Crippen LogP contribution in [0.4, 0.5) is 0 Å². The summed E-state index contributed by atoms with van der Waals surface area (Å²) in [7, 11) is 5.13. The fourth-order valence-electron chi connectivity index (χ4n) is 3.07. The van der Waals surface area contributed by atoms with Crippen molar-refractivity contribution in [2.75, 3.05) is 41.0 Å². The molecule has 6 nitrogen and oxygen atoms in total. The minimum Gasteiger partial charge on any atom is -0.493 e. The molecule has 1 aliphatic heterocycles. The Kier molecular flexibility index (Phi) is 7.18. The van der Waals surface area contributed by atoms with Gasteiger partial charge >= 0.3 is 0 Å². The molecule has 24 heavy (non-hydrogen) atoms. The van der Waals surface area contributed by atoms with Crippen LogP contribution in [0.25, 0.3) is 0 Å². The maximum absolute atomic E-state index is 5.71. The van der Waals surface area contributed by atoms with Gasteiger partial charge in [0.1, 0.15) is 0 Å². The number of para-hydroxylation sites is 1. The zero-order valence-corrected chi connectivity index (χ0v) is 15.2. The van der Waals surface area contributed by atoms with Crippen molar-refractivity contribution in [2.45, 2.75) is 32.4 Å². The summed E-state index contributed by atoms with van der Waals surface area (Å²) in [4.78, 5) is 6.69. The van der Waals surface area contributed by atoms with E-state index >= 15 is 0 Å². The van der Waals surface area contributed by atoms with Gasteiger partial charge in [0.25, 0.3) is 0 Å². The first-order valence-electron chi connectivity index (χ1n) is 8.50. The van der Waals surface area contributed by atoms with Gasteiger partial charge in [-0.05, 0) is 25.8 Å². The third kappa shape index (κ3) is 4.54. The first-order chi connectivity index (χ1) is 11.7. The van der Waals surface area contributed by atoms with Gasteiger partial charge in [-0.15, -0.1) is 0 Å². The van der Waals surface area contributed by atoms with Gasteiger partial charge < -0.3 is 24.4 Å². The van der Waals surface area contributed by atoms with Crippen LogP contribution in [-0.2, 0) is 11.3 Å². The second kappa shape index (κ2) is 9.37. The molecule has 6 heteroatoms. The molecule has 1 aliphatic rings. The summed E-state index contributed by atoms with van der Waals surface area (Å²) in [6.45, 7) is 5.39. The Hall–Kier alpha value is -1.95. The summed E-state index contributed by atoms with van der Waals surface area (Å²) in [6, 6.07) is 5.90. The van der Waals surface area contributed by atoms with Crippen molar-refractivity contribution in [3.05, 3.63) is 23.8 Å². The molecule has 1 saturated heterocycles. The minimum absolute atomic E-state index is 0.378. The van der Waals surface area contributed by atoms with Gasteiger partial charge in [0.05, 0.1) is 20.3 Å². The molecule has 1 aromatic rings. The molecular formula is C18H29N3O3. The molecule has 0 atom stereocenters. The predicted molar refractivity (Wildman–Crippen MR) is 96.0 cm³/mol. The number of rotatable bonds is 6. The van der Waals surface area contributed by atoms with Crippen LogP contribution in [0.3, 0.4) is 0 Å². The molecule has 0 amide bonds. The summed E-state index contributed by atoms with van der Waals surface area (Å²) in [5.41, 5.74) is 1.04. The van der Waals surface area contributed by atoms with Crippen LogP contribution in [0.2, 0.25) is 0 Å². The van der Waals surface area contributed by atoms with Gasteiger partial charge in [0.15, 0.2) is 17.5 Å². The van der Waals surface area contributed by atoms with E-state index in [1.165, 1.54) is 0 Å². The molecule has 0 aliphatic carbocycles. The third-order valence-corrected chi connectivity index (χ3v) is 4.28. The number of methoxy groups -OCH3 is 2. The van der Waals surface area contributed by atoms with Crippen molar-refractivity contribution in [3.8, 4) is 11.5 Å². The topological polar surface area (TPSA) is 55.3 Å². The lowest BCUT2D eigenvalue weighted by Gasteiger charge is -2.34. The van der Waals surface area contributed by atoms with Gasteiger partial charge in [-0.2, -0.15) is 0 Å². The van der Waals surface area contributed by atoms with Crippen LogP contribution < -0.4 is 14.8 Å². The quantitative estimate of drug-likeness (QED) is 0.638. The van der Waals surface area contributed by atoms with Crippen LogP contribution >= 0.6 is 0 Å². The van der Waals surface area contributed by atoms with Crippen LogP contribution in [-0.4, -0.2) is 57.9 Å². The fraction of sp³-hybridized carbons (Fsp3) is 0.611. The van der Waals surface area contributed by atoms with Gasteiger partial charge in [0, 0.05) is 38.9 Å². The smallest absolute Gasteiger partial charge is 0.193 e. The zero-order chi connectivity index (χ0) is 17.4. The molecule has 0 bridgehead atoms. The van der Waals surface area contributed by atoms with Crippen molar-refractivity contribution >= 4 is 5.96 Å². The molecule has 0 radical (unpaired) electrons. The molecule has 0 aromatic heterocycles. The monoisotopic (exact) mass is 335 g/mol. The van der Waals surface area contributed by atoms with Crippen molar-refractivity contribution in [1.29, 1.82) is 0 Å². The van der Waals surface area contributed by atoms with Crippen LogP contribution in [0.1, 0.15) is 25.3 Å². The number of guanidine groups is 1. The lowest BCUT2D eigenvalue weighted by atomic mass is 10.1. The third-order valence-electron chi connectivity index (χ3n) is 4.28. The highest BCUT2D eigenvalue weighted by Gasteiger charge is 2.21. The van der Waals surface area contributed by atoms with Crippen molar-refractivity contribution < 1.29 is 14.2 Å². The Bertz CT molecular complexity index is 540. The second-order valence-electron chi connectivity index (χ2n) is 5.70. The van der Waals surface area contributed by atoms with E-state index in [1.54, 1.807) is 14.2 Å². The first-order valence-corrected chi connectivity index (χ1v) is 8.50. The largest absolute Gasteiger partial charge is 0.493 e. The highest BCUT2D eigenvalue weighted by atomic mass is 16.5. The summed E-state index contributed by atoms with van der Waals surface area (Å²) < 4.78 is 16.6. The van der Waals surface area contributed by atoms with Crippen molar-refractivity contribution in [3.63, 3.8) is 0 Å². The fourth-order valence-corrected chi connectivity index (χ4v) is 3.07. The minimum atomic E-state index is 0.378. The van der Waals surface area contributed by atoms with Crippen LogP contribution in [0, 0.1) is 0 Å². The molecular weight excluding hydrogens is 306 g/mol. The van der Waals surface area contributed by atoms with E-state index < -0.39 is 0 Å². The number of benzene rings is 1. The second-order valence-corrected chi connectivity index (χ2v) is 5.70. The van der Waals surface area contributed by atoms with Gasteiger partial charge in [-0.1, -0.05) is 12.1 Å². The Labute approximate surface area is 144 Å². The molecule has 134 valence electrons. The summed E-state index contributed by atoms with van der Waals surface area (Å²) in [5.74, 6) is 2.41. The summed E-state index contributed by atoms with van der Waals surface area (Å²) in [5, 5.41) is 3.43. The first kappa shape index (κ1) is 18.4. The highest BCUT2D eigenvalue weighted by molar-refractivity contribution is 5.80.